The van der Waals surface area contributed by atoms with Gasteiger partial charge in [0.1, 0.15) is 17.3 Å². The Morgan fingerprint density at radius 2 is 1.83 bits per heavy atom. The van der Waals surface area contributed by atoms with E-state index in [-0.39, 0.29) is 5.91 Å². The molecule has 0 aliphatic carbocycles. The van der Waals surface area contributed by atoms with Gasteiger partial charge in [-0.1, -0.05) is 39.7 Å². The molecule has 1 aromatic carbocycles. The summed E-state index contributed by atoms with van der Waals surface area (Å²) in [4.78, 5) is 24.5. The highest BCUT2D eigenvalue weighted by atomic mass is 79.9. The van der Waals surface area contributed by atoms with Crippen LogP contribution in [0.3, 0.4) is 0 Å². The van der Waals surface area contributed by atoms with Gasteiger partial charge in [0.15, 0.2) is 0 Å². The second-order valence-corrected chi connectivity index (χ2v) is 6.67. The van der Waals surface area contributed by atoms with Gasteiger partial charge in [-0.25, -0.2) is 9.97 Å². The Kier molecular flexibility index (Phi) is 5.13. The van der Waals surface area contributed by atoms with Crippen molar-refractivity contribution in [3.63, 3.8) is 0 Å². The maximum Gasteiger partial charge on any atom is 0.227 e. The van der Waals surface area contributed by atoms with Crippen LogP contribution in [0.1, 0.15) is 5.56 Å². The summed E-state index contributed by atoms with van der Waals surface area (Å²) in [5, 5.41) is 0.434. The predicted octanol–water partition coefficient (Wildman–Crippen LogP) is 2.78. The van der Waals surface area contributed by atoms with Crippen LogP contribution in [-0.2, 0) is 11.2 Å². The van der Waals surface area contributed by atoms with Gasteiger partial charge < -0.3 is 9.80 Å². The molecule has 1 aliphatic rings. The number of piperazine rings is 1. The molecule has 1 amide bonds. The van der Waals surface area contributed by atoms with Crippen molar-refractivity contribution >= 4 is 39.3 Å². The molecule has 7 heteroatoms. The molecular formula is C16H16BrClN4O. The van der Waals surface area contributed by atoms with E-state index in [1.165, 1.54) is 6.33 Å². The third kappa shape index (κ3) is 4.20. The van der Waals surface area contributed by atoms with Crippen LogP contribution in [-0.4, -0.2) is 47.0 Å². The minimum atomic E-state index is 0.160. The molecule has 0 saturated carbocycles. The summed E-state index contributed by atoms with van der Waals surface area (Å²) >= 11 is 9.30. The highest BCUT2D eigenvalue weighted by Crippen LogP contribution is 2.17. The first-order chi connectivity index (χ1) is 11.1. The van der Waals surface area contributed by atoms with E-state index in [1.807, 2.05) is 29.2 Å². The van der Waals surface area contributed by atoms with Gasteiger partial charge in [0.25, 0.3) is 0 Å². The lowest BCUT2D eigenvalue weighted by Crippen LogP contribution is -2.49. The number of amides is 1. The fraction of sp³-hybridized carbons (Fsp3) is 0.312. The Balaban J connectivity index is 1.56. The molecular weight excluding hydrogens is 380 g/mol. The molecule has 1 aromatic heterocycles. The zero-order chi connectivity index (χ0) is 16.2. The van der Waals surface area contributed by atoms with E-state index in [2.05, 4.69) is 30.8 Å². The maximum absolute atomic E-state index is 12.4. The molecule has 1 saturated heterocycles. The quantitative estimate of drug-likeness (QED) is 0.750. The first-order valence-electron chi connectivity index (χ1n) is 7.36. The van der Waals surface area contributed by atoms with Crippen molar-refractivity contribution in [1.29, 1.82) is 0 Å². The molecule has 1 aliphatic heterocycles. The molecule has 0 atom stereocenters. The number of aromatic nitrogens is 2. The summed E-state index contributed by atoms with van der Waals surface area (Å²) in [7, 11) is 0. The van der Waals surface area contributed by atoms with Crippen molar-refractivity contribution in [3.8, 4) is 0 Å². The molecule has 2 aromatic rings. The average Bonchev–Trinajstić information content (AvgIpc) is 2.57. The standard InChI is InChI=1S/C16H16BrClN4O/c17-13-3-1-12(2-4-13)9-16(23)22-7-5-21(6-8-22)15-10-14(18)19-11-20-15/h1-4,10-11H,5-9H2. The summed E-state index contributed by atoms with van der Waals surface area (Å²) < 4.78 is 1.02. The second-order valence-electron chi connectivity index (χ2n) is 5.37. The smallest absolute Gasteiger partial charge is 0.227 e. The third-order valence-electron chi connectivity index (χ3n) is 3.84. The van der Waals surface area contributed by atoms with Crippen LogP contribution < -0.4 is 4.90 Å². The molecule has 1 fully saturated rings. The Morgan fingerprint density at radius 3 is 2.48 bits per heavy atom. The first-order valence-corrected chi connectivity index (χ1v) is 8.53. The largest absolute Gasteiger partial charge is 0.353 e. The van der Waals surface area contributed by atoms with Crippen LogP contribution >= 0.6 is 27.5 Å². The van der Waals surface area contributed by atoms with Gasteiger partial charge in [0.05, 0.1) is 6.42 Å². The number of anilines is 1. The maximum atomic E-state index is 12.4. The second kappa shape index (κ2) is 7.27. The number of rotatable bonds is 3. The van der Waals surface area contributed by atoms with E-state index < -0.39 is 0 Å². The van der Waals surface area contributed by atoms with Gasteiger partial charge >= 0.3 is 0 Å². The Morgan fingerprint density at radius 1 is 1.13 bits per heavy atom. The van der Waals surface area contributed by atoms with Crippen LogP contribution in [0.4, 0.5) is 5.82 Å². The Hall–Kier alpha value is -1.66. The van der Waals surface area contributed by atoms with Gasteiger partial charge in [-0.05, 0) is 17.7 Å². The zero-order valence-corrected chi connectivity index (χ0v) is 14.8. The van der Waals surface area contributed by atoms with Crippen molar-refractivity contribution in [2.75, 3.05) is 31.1 Å². The SMILES string of the molecule is O=C(Cc1ccc(Br)cc1)N1CCN(c2cc(Cl)ncn2)CC1. The lowest BCUT2D eigenvalue weighted by molar-refractivity contribution is -0.130. The van der Waals surface area contributed by atoms with Gasteiger partial charge in [0.2, 0.25) is 5.91 Å². The predicted molar refractivity (Wildman–Crippen MR) is 93.7 cm³/mol. The van der Waals surface area contributed by atoms with Crippen LogP contribution in [0, 0.1) is 0 Å². The van der Waals surface area contributed by atoms with E-state index in [4.69, 9.17) is 11.6 Å². The molecule has 0 N–H and O–H groups in total. The summed E-state index contributed by atoms with van der Waals surface area (Å²) in [6, 6.07) is 9.61. The van der Waals surface area contributed by atoms with Gasteiger partial charge in [-0.15, -0.1) is 0 Å². The number of hydrogen-bond acceptors (Lipinski definition) is 4. The lowest BCUT2D eigenvalue weighted by atomic mass is 10.1. The first kappa shape index (κ1) is 16.2. The Bertz CT molecular complexity index is 687. The number of halogens is 2. The fourth-order valence-corrected chi connectivity index (χ4v) is 2.98. The molecule has 0 unspecified atom stereocenters. The molecule has 0 spiro atoms. The molecule has 23 heavy (non-hydrogen) atoms. The molecule has 2 heterocycles. The van der Waals surface area contributed by atoms with Crippen molar-refractivity contribution < 1.29 is 4.79 Å². The molecule has 3 rings (SSSR count). The van der Waals surface area contributed by atoms with E-state index in [0.717, 1.165) is 28.9 Å². The van der Waals surface area contributed by atoms with Crippen LogP contribution in [0.5, 0.6) is 0 Å². The van der Waals surface area contributed by atoms with E-state index in [9.17, 15) is 4.79 Å². The van der Waals surface area contributed by atoms with E-state index in [1.54, 1.807) is 6.07 Å². The number of carbonyl (C=O) groups excluding carboxylic acids is 1. The summed E-state index contributed by atoms with van der Waals surface area (Å²) in [6.07, 6.45) is 1.90. The average molecular weight is 396 g/mol. The lowest BCUT2D eigenvalue weighted by Gasteiger charge is -2.35. The monoisotopic (exact) mass is 394 g/mol. The van der Waals surface area contributed by atoms with Crippen molar-refractivity contribution in [2.45, 2.75) is 6.42 Å². The van der Waals surface area contributed by atoms with Gasteiger partial charge in [-0.3, -0.25) is 4.79 Å². The van der Waals surface area contributed by atoms with Crippen molar-refractivity contribution in [2.24, 2.45) is 0 Å². The minimum absolute atomic E-state index is 0.160. The number of hydrogen-bond donors (Lipinski definition) is 0. The van der Waals surface area contributed by atoms with Crippen LogP contribution in [0.15, 0.2) is 41.1 Å². The summed E-state index contributed by atoms with van der Waals surface area (Å²) in [5.74, 6) is 0.970. The van der Waals surface area contributed by atoms with Crippen molar-refractivity contribution in [1.82, 2.24) is 14.9 Å². The number of carbonyl (C=O) groups is 1. The fourth-order valence-electron chi connectivity index (χ4n) is 2.57. The zero-order valence-electron chi connectivity index (χ0n) is 12.5. The number of nitrogens with zero attached hydrogens (tertiary/aromatic N) is 4. The summed E-state index contributed by atoms with van der Waals surface area (Å²) in [5.41, 5.74) is 1.03. The minimum Gasteiger partial charge on any atom is -0.353 e. The van der Waals surface area contributed by atoms with E-state index in [0.29, 0.717) is 24.7 Å². The van der Waals surface area contributed by atoms with Crippen molar-refractivity contribution in [3.05, 3.63) is 51.8 Å². The van der Waals surface area contributed by atoms with Crippen LogP contribution in [0.25, 0.3) is 0 Å². The van der Waals surface area contributed by atoms with Crippen LogP contribution in [0.2, 0.25) is 5.15 Å². The van der Waals surface area contributed by atoms with Gasteiger partial charge in [0, 0.05) is 36.7 Å². The van der Waals surface area contributed by atoms with Gasteiger partial charge in [-0.2, -0.15) is 0 Å². The number of benzene rings is 1. The molecule has 5 nitrogen and oxygen atoms in total. The normalized spacial score (nSPS) is 14.9. The molecule has 0 bridgehead atoms. The Labute approximate surface area is 148 Å². The van der Waals surface area contributed by atoms with E-state index >= 15 is 0 Å². The third-order valence-corrected chi connectivity index (χ3v) is 4.58. The highest BCUT2D eigenvalue weighted by Gasteiger charge is 2.22. The molecule has 120 valence electrons. The molecule has 0 radical (unpaired) electrons. The topological polar surface area (TPSA) is 49.3 Å². The summed E-state index contributed by atoms with van der Waals surface area (Å²) in [6.45, 7) is 2.88. The highest BCUT2D eigenvalue weighted by molar-refractivity contribution is 9.10.